The molecule has 0 radical (unpaired) electrons. The molecule has 0 spiro atoms. The lowest BCUT2D eigenvalue weighted by Crippen LogP contribution is -2.59. The van der Waals surface area contributed by atoms with Crippen molar-refractivity contribution in [1.29, 1.82) is 0 Å². The third kappa shape index (κ3) is 3.67. The van der Waals surface area contributed by atoms with Crippen molar-refractivity contribution in [2.24, 2.45) is 0 Å². The van der Waals surface area contributed by atoms with Crippen LogP contribution in [0, 0.1) is 0 Å². The van der Waals surface area contributed by atoms with Gasteiger partial charge in [-0.3, -0.25) is 4.90 Å². The predicted octanol–water partition coefficient (Wildman–Crippen LogP) is 2.71. The van der Waals surface area contributed by atoms with Crippen molar-refractivity contribution in [3.05, 3.63) is 0 Å². The maximum absolute atomic E-state index is 11.3. The number of aliphatic hydroxyl groups excluding tert-OH is 1. The highest BCUT2D eigenvalue weighted by Crippen LogP contribution is 2.29. The monoisotopic (exact) mass is 231 g/mol. The Morgan fingerprint density at radius 2 is 1.75 bits per heavy atom. The molecule has 0 saturated heterocycles. The molecule has 0 aromatic rings. The number of hydrogen-bond donors (Lipinski definition) is 2. The first-order valence-corrected chi connectivity index (χ1v) is 5.83. The third-order valence-electron chi connectivity index (χ3n) is 2.81. The van der Waals surface area contributed by atoms with E-state index in [1.54, 1.807) is 0 Å². The molecule has 16 heavy (non-hydrogen) atoms. The zero-order chi connectivity index (χ0) is 13.0. The van der Waals surface area contributed by atoms with Crippen molar-refractivity contribution in [2.75, 3.05) is 6.61 Å². The summed E-state index contributed by atoms with van der Waals surface area (Å²) in [6.07, 6.45) is 1.62. The highest BCUT2D eigenvalue weighted by atomic mass is 16.4. The molecule has 1 amide bonds. The maximum Gasteiger partial charge on any atom is 0.408 e. The first-order chi connectivity index (χ1) is 7.19. The highest BCUT2D eigenvalue weighted by molar-refractivity contribution is 5.67. The van der Waals surface area contributed by atoms with Gasteiger partial charge < -0.3 is 10.2 Å². The average molecular weight is 231 g/mol. The number of aliphatic hydroxyl groups is 1. The predicted molar refractivity (Wildman–Crippen MR) is 64.6 cm³/mol. The van der Waals surface area contributed by atoms with Crippen LogP contribution in [-0.2, 0) is 0 Å². The molecule has 0 aliphatic carbocycles. The SMILES string of the molecule is CCCCC(C)(CO)N(C(=O)O)C(C)(C)C. The van der Waals surface area contributed by atoms with Crippen LogP contribution in [-0.4, -0.2) is 38.9 Å². The Bertz CT molecular complexity index is 235. The summed E-state index contributed by atoms with van der Waals surface area (Å²) in [6.45, 7) is 9.27. The minimum Gasteiger partial charge on any atom is -0.465 e. The third-order valence-corrected chi connectivity index (χ3v) is 2.81. The summed E-state index contributed by atoms with van der Waals surface area (Å²) in [4.78, 5) is 12.7. The van der Waals surface area contributed by atoms with Gasteiger partial charge in [0.2, 0.25) is 0 Å². The lowest BCUT2D eigenvalue weighted by atomic mass is 9.89. The fourth-order valence-corrected chi connectivity index (χ4v) is 2.15. The van der Waals surface area contributed by atoms with E-state index in [-0.39, 0.29) is 6.61 Å². The Balaban J connectivity index is 5.05. The van der Waals surface area contributed by atoms with Crippen molar-refractivity contribution in [3.63, 3.8) is 0 Å². The van der Waals surface area contributed by atoms with Crippen molar-refractivity contribution < 1.29 is 15.0 Å². The van der Waals surface area contributed by atoms with Crippen molar-refractivity contribution in [1.82, 2.24) is 4.90 Å². The van der Waals surface area contributed by atoms with E-state index in [1.165, 1.54) is 4.90 Å². The second-order valence-electron chi connectivity index (χ2n) is 5.55. The molecule has 1 unspecified atom stereocenters. The van der Waals surface area contributed by atoms with Crippen molar-refractivity contribution >= 4 is 6.09 Å². The van der Waals surface area contributed by atoms with E-state index in [0.717, 1.165) is 12.8 Å². The zero-order valence-electron chi connectivity index (χ0n) is 11.1. The van der Waals surface area contributed by atoms with E-state index < -0.39 is 17.2 Å². The molecule has 0 aromatic carbocycles. The lowest BCUT2D eigenvalue weighted by molar-refractivity contribution is -0.0118. The van der Waals surface area contributed by atoms with E-state index in [1.807, 2.05) is 27.7 Å². The fraction of sp³-hybridized carbons (Fsp3) is 0.917. The molecule has 0 bridgehead atoms. The Kier molecular flexibility index (Phi) is 5.26. The molecule has 0 saturated carbocycles. The van der Waals surface area contributed by atoms with Gasteiger partial charge in [0.05, 0.1) is 12.1 Å². The summed E-state index contributed by atoms with van der Waals surface area (Å²) in [7, 11) is 0. The molecule has 2 N–H and O–H groups in total. The standard InChI is InChI=1S/C12H25NO3/c1-6-7-8-12(5,9-14)13(10(15)16)11(2,3)4/h14H,6-9H2,1-5H3,(H,15,16). The summed E-state index contributed by atoms with van der Waals surface area (Å²) in [5.74, 6) is 0. The molecule has 0 aromatic heterocycles. The van der Waals surface area contributed by atoms with Gasteiger partial charge in [-0.15, -0.1) is 0 Å². The smallest absolute Gasteiger partial charge is 0.408 e. The number of amides is 1. The lowest BCUT2D eigenvalue weighted by Gasteiger charge is -2.46. The van der Waals surface area contributed by atoms with E-state index in [2.05, 4.69) is 6.92 Å². The number of carbonyl (C=O) groups is 1. The van der Waals surface area contributed by atoms with Crippen LogP contribution >= 0.6 is 0 Å². The molecular weight excluding hydrogens is 206 g/mol. The molecule has 0 fully saturated rings. The zero-order valence-corrected chi connectivity index (χ0v) is 11.1. The number of hydrogen-bond acceptors (Lipinski definition) is 2. The Labute approximate surface area is 98.3 Å². The summed E-state index contributed by atoms with van der Waals surface area (Å²) in [5.41, 5.74) is -1.20. The van der Waals surface area contributed by atoms with Crippen LogP contribution in [0.25, 0.3) is 0 Å². The van der Waals surface area contributed by atoms with E-state index in [0.29, 0.717) is 6.42 Å². The number of carboxylic acid groups (broad SMARTS) is 1. The molecule has 1 atom stereocenters. The van der Waals surface area contributed by atoms with Gasteiger partial charge >= 0.3 is 6.09 Å². The molecule has 0 aliphatic heterocycles. The second-order valence-corrected chi connectivity index (χ2v) is 5.55. The van der Waals surface area contributed by atoms with Gasteiger partial charge in [0, 0.05) is 5.54 Å². The van der Waals surface area contributed by atoms with Gasteiger partial charge in [0.15, 0.2) is 0 Å². The molecule has 96 valence electrons. The Hall–Kier alpha value is -0.770. The molecule has 4 nitrogen and oxygen atoms in total. The largest absolute Gasteiger partial charge is 0.465 e. The molecular formula is C12H25NO3. The van der Waals surface area contributed by atoms with Crippen LogP contribution in [0.5, 0.6) is 0 Å². The van der Waals surface area contributed by atoms with Gasteiger partial charge in [0.1, 0.15) is 0 Å². The number of rotatable bonds is 5. The van der Waals surface area contributed by atoms with Crippen molar-refractivity contribution in [3.8, 4) is 0 Å². The fourth-order valence-electron chi connectivity index (χ4n) is 2.15. The molecule has 0 heterocycles. The summed E-state index contributed by atoms with van der Waals surface area (Å²) < 4.78 is 0. The van der Waals surface area contributed by atoms with Gasteiger partial charge in [-0.05, 0) is 34.1 Å². The van der Waals surface area contributed by atoms with Gasteiger partial charge in [-0.2, -0.15) is 0 Å². The number of nitrogens with zero attached hydrogens (tertiary/aromatic N) is 1. The summed E-state index contributed by atoms with van der Waals surface area (Å²) >= 11 is 0. The highest BCUT2D eigenvalue weighted by Gasteiger charge is 2.41. The quantitative estimate of drug-likeness (QED) is 0.764. The average Bonchev–Trinajstić information content (AvgIpc) is 2.11. The minimum atomic E-state index is -0.972. The van der Waals surface area contributed by atoms with Crippen LogP contribution in [0.15, 0.2) is 0 Å². The Morgan fingerprint density at radius 1 is 1.25 bits per heavy atom. The van der Waals surface area contributed by atoms with E-state index in [9.17, 15) is 15.0 Å². The minimum absolute atomic E-state index is 0.142. The Morgan fingerprint density at radius 3 is 2.00 bits per heavy atom. The molecule has 4 heteroatoms. The van der Waals surface area contributed by atoms with Crippen LogP contribution in [0.4, 0.5) is 4.79 Å². The first kappa shape index (κ1) is 15.2. The molecule has 0 rings (SSSR count). The summed E-state index contributed by atoms with van der Waals surface area (Å²) in [6, 6.07) is 0. The second kappa shape index (κ2) is 5.53. The topological polar surface area (TPSA) is 60.8 Å². The maximum atomic E-state index is 11.3. The molecule has 0 aliphatic rings. The van der Waals surface area contributed by atoms with Crippen LogP contribution < -0.4 is 0 Å². The van der Waals surface area contributed by atoms with E-state index >= 15 is 0 Å². The van der Waals surface area contributed by atoms with Crippen LogP contribution in [0.2, 0.25) is 0 Å². The normalized spacial score (nSPS) is 15.6. The number of unbranched alkanes of at least 4 members (excludes halogenated alkanes) is 1. The summed E-state index contributed by atoms with van der Waals surface area (Å²) in [5, 5.41) is 18.8. The van der Waals surface area contributed by atoms with Crippen LogP contribution in [0.3, 0.4) is 0 Å². The van der Waals surface area contributed by atoms with Crippen LogP contribution in [0.1, 0.15) is 53.9 Å². The van der Waals surface area contributed by atoms with Gasteiger partial charge in [0.25, 0.3) is 0 Å². The van der Waals surface area contributed by atoms with Gasteiger partial charge in [-0.25, -0.2) is 4.79 Å². The first-order valence-electron chi connectivity index (χ1n) is 5.83. The van der Waals surface area contributed by atoms with Crippen molar-refractivity contribution in [2.45, 2.75) is 65.0 Å². The van der Waals surface area contributed by atoms with E-state index in [4.69, 9.17) is 0 Å². The van der Waals surface area contributed by atoms with Gasteiger partial charge in [-0.1, -0.05) is 19.8 Å².